The van der Waals surface area contributed by atoms with E-state index in [0.29, 0.717) is 6.54 Å². The average Bonchev–Trinajstić information content (AvgIpc) is 3.17. The molecule has 3 unspecified atom stereocenters. The van der Waals surface area contributed by atoms with Gasteiger partial charge in [-0.2, -0.15) is 0 Å². The van der Waals surface area contributed by atoms with Crippen molar-refractivity contribution in [2.24, 2.45) is 16.8 Å². The number of aliphatic hydroxyl groups is 1. The van der Waals surface area contributed by atoms with E-state index in [9.17, 15) is 5.11 Å². The molecule has 1 heterocycles. The molecule has 24 heavy (non-hydrogen) atoms. The van der Waals surface area contributed by atoms with Gasteiger partial charge in [0.2, 0.25) is 0 Å². The number of guanidine groups is 1. The van der Waals surface area contributed by atoms with Crippen molar-refractivity contribution in [2.75, 3.05) is 39.8 Å². The van der Waals surface area contributed by atoms with E-state index in [4.69, 9.17) is 0 Å². The van der Waals surface area contributed by atoms with Crippen LogP contribution in [0.25, 0.3) is 0 Å². The lowest BCUT2D eigenvalue weighted by molar-refractivity contribution is -0.0284. The van der Waals surface area contributed by atoms with Gasteiger partial charge in [-0.25, -0.2) is 0 Å². The first-order valence-corrected chi connectivity index (χ1v) is 9.59. The molecule has 1 aliphatic heterocycles. The summed E-state index contributed by atoms with van der Waals surface area (Å²) in [5, 5.41) is 13.7. The molecule has 3 saturated carbocycles. The first kappa shape index (κ1) is 18.7. The lowest BCUT2D eigenvalue weighted by Crippen LogP contribution is -2.57. The lowest BCUT2D eigenvalue weighted by atomic mass is 9.80. The highest BCUT2D eigenvalue weighted by molar-refractivity contribution is 14.0. The van der Waals surface area contributed by atoms with E-state index in [0.717, 1.165) is 56.2 Å². The molecule has 2 N–H and O–H groups in total. The quantitative estimate of drug-likeness (QED) is 0.394. The summed E-state index contributed by atoms with van der Waals surface area (Å²) in [6, 6.07) is 0.863. The number of nitrogens with zero attached hydrogens (tertiary/aromatic N) is 3. The Bertz CT molecular complexity index is 460. The molecule has 4 aliphatic rings. The van der Waals surface area contributed by atoms with Crippen LogP contribution in [-0.2, 0) is 0 Å². The number of halogens is 1. The van der Waals surface area contributed by atoms with Crippen LogP contribution >= 0.6 is 24.0 Å². The Kier molecular flexibility index (Phi) is 5.97. The summed E-state index contributed by atoms with van der Waals surface area (Å²) >= 11 is 0. The smallest absolute Gasteiger partial charge is 0.193 e. The minimum Gasteiger partial charge on any atom is -0.388 e. The highest BCUT2D eigenvalue weighted by atomic mass is 127. The molecule has 4 rings (SSSR count). The van der Waals surface area contributed by atoms with Crippen molar-refractivity contribution in [3.63, 3.8) is 0 Å². The number of hydrogen-bond donors (Lipinski definition) is 2. The predicted molar refractivity (Wildman–Crippen MR) is 108 cm³/mol. The highest BCUT2D eigenvalue weighted by Gasteiger charge is 2.43. The van der Waals surface area contributed by atoms with Crippen molar-refractivity contribution < 1.29 is 5.11 Å². The number of nitrogens with one attached hydrogen (secondary N) is 1. The molecule has 1 saturated heterocycles. The SMILES string of the molecule is CN=C(NCC1(O)CCC1)N1CCN(C2CC3CCC2C3)CC1.I. The van der Waals surface area contributed by atoms with Crippen LogP contribution in [0.1, 0.15) is 44.9 Å². The maximum Gasteiger partial charge on any atom is 0.193 e. The summed E-state index contributed by atoms with van der Waals surface area (Å²) in [6.45, 7) is 5.10. The fourth-order valence-corrected chi connectivity index (χ4v) is 5.26. The maximum atomic E-state index is 10.3. The van der Waals surface area contributed by atoms with Gasteiger partial charge >= 0.3 is 0 Å². The second-order valence-electron chi connectivity index (χ2n) is 8.24. The number of fused-ring (bicyclic) bond motifs is 2. The van der Waals surface area contributed by atoms with Gasteiger partial charge in [0.1, 0.15) is 0 Å². The van der Waals surface area contributed by atoms with Crippen LogP contribution in [0.2, 0.25) is 0 Å². The minimum absolute atomic E-state index is 0. The van der Waals surface area contributed by atoms with Gasteiger partial charge in [-0.15, -0.1) is 24.0 Å². The minimum atomic E-state index is -0.485. The summed E-state index contributed by atoms with van der Waals surface area (Å²) in [5.41, 5.74) is -0.485. The zero-order valence-electron chi connectivity index (χ0n) is 14.9. The number of hydrogen-bond acceptors (Lipinski definition) is 3. The van der Waals surface area contributed by atoms with Crippen LogP contribution in [0.15, 0.2) is 4.99 Å². The summed E-state index contributed by atoms with van der Waals surface area (Å²) in [4.78, 5) is 9.55. The number of rotatable bonds is 3. The molecule has 5 nitrogen and oxygen atoms in total. The number of piperazine rings is 1. The molecule has 6 heteroatoms. The van der Waals surface area contributed by atoms with Crippen LogP contribution in [0.4, 0.5) is 0 Å². The van der Waals surface area contributed by atoms with Crippen molar-refractivity contribution in [1.82, 2.24) is 15.1 Å². The van der Waals surface area contributed by atoms with E-state index in [-0.39, 0.29) is 24.0 Å². The normalized spacial score (nSPS) is 35.5. The molecule has 0 amide bonds. The largest absolute Gasteiger partial charge is 0.388 e. The molecule has 138 valence electrons. The summed E-state index contributed by atoms with van der Waals surface area (Å²) in [7, 11) is 1.86. The van der Waals surface area contributed by atoms with Crippen molar-refractivity contribution in [3.8, 4) is 0 Å². The Balaban J connectivity index is 0.00000169. The van der Waals surface area contributed by atoms with Gasteiger partial charge in [-0.05, 0) is 50.4 Å². The van der Waals surface area contributed by atoms with Crippen molar-refractivity contribution in [1.29, 1.82) is 0 Å². The molecule has 0 aromatic heterocycles. The Morgan fingerprint density at radius 1 is 1.17 bits per heavy atom. The second-order valence-corrected chi connectivity index (χ2v) is 8.24. The molecule has 0 spiro atoms. The molecule has 0 aromatic rings. The summed E-state index contributed by atoms with van der Waals surface area (Å²) in [5.74, 6) is 2.98. The Morgan fingerprint density at radius 2 is 1.92 bits per heavy atom. The number of aliphatic imine (C=N–C) groups is 1. The molecule has 2 bridgehead atoms. The van der Waals surface area contributed by atoms with E-state index in [1.807, 2.05) is 7.05 Å². The first-order chi connectivity index (χ1) is 11.2. The van der Waals surface area contributed by atoms with E-state index < -0.39 is 5.60 Å². The Labute approximate surface area is 163 Å². The third-order valence-corrected chi connectivity index (χ3v) is 6.86. The molecular weight excluding hydrogens is 415 g/mol. The van der Waals surface area contributed by atoms with Gasteiger partial charge in [-0.3, -0.25) is 9.89 Å². The molecule has 3 atom stereocenters. The second kappa shape index (κ2) is 7.66. The van der Waals surface area contributed by atoms with E-state index >= 15 is 0 Å². The molecule has 0 radical (unpaired) electrons. The third kappa shape index (κ3) is 3.70. The zero-order valence-corrected chi connectivity index (χ0v) is 17.2. The summed E-state index contributed by atoms with van der Waals surface area (Å²) in [6.07, 6.45) is 8.90. The maximum absolute atomic E-state index is 10.3. The lowest BCUT2D eigenvalue weighted by Gasteiger charge is -2.43. The van der Waals surface area contributed by atoms with Crippen molar-refractivity contribution in [2.45, 2.75) is 56.6 Å². The van der Waals surface area contributed by atoms with Crippen LogP contribution in [0.3, 0.4) is 0 Å². The van der Waals surface area contributed by atoms with Gasteiger partial charge < -0.3 is 15.3 Å². The van der Waals surface area contributed by atoms with Crippen LogP contribution in [0.5, 0.6) is 0 Å². The molecule has 4 fully saturated rings. The van der Waals surface area contributed by atoms with Gasteiger partial charge in [0.15, 0.2) is 5.96 Å². The first-order valence-electron chi connectivity index (χ1n) is 9.59. The average molecular weight is 448 g/mol. The monoisotopic (exact) mass is 448 g/mol. The van der Waals surface area contributed by atoms with Crippen molar-refractivity contribution >= 4 is 29.9 Å². The zero-order chi connectivity index (χ0) is 15.9. The fraction of sp³-hybridized carbons (Fsp3) is 0.944. The van der Waals surface area contributed by atoms with Gasteiger partial charge in [0.05, 0.1) is 5.60 Å². The van der Waals surface area contributed by atoms with Crippen molar-refractivity contribution in [3.05, 3.63) is 0 Å². The molecular formula is C18H33IN4O. The van der Waals surface area contributed by atoms with Gasteiger partial charge in [0.25, 0.3) is 0 Å². The Morgan fingerprint density at radius 3 is 2.42 bits per heavy atom. The standard InChI is InChI=1S/C18H32N4O.HI/c1-19-17(20-13-18(23)5-2-6-18)22-9-7-21(8-10-22)16-12-14-3-4-15(16)11-14;/h14-16,23H,2-13H2,1H3,(H,19,20);1H. The molecule has 3 aliphatic carbocycles. The van der Waals surface area contributed by atoms with Crippen LogP contribution in [0, 0.1) is 11.8 Å². The summed E-state index contributed by atoms with van der Waals surface area (Å²) < 4.78 is 0. The fourth-order valence-electron chi connectivity index (χ4n) is 5.26. The van der Waals surface area contributed by atoms with Crippen LogP contribution in [-0.4, -0.2) is 72.3 Å². The van der Waals surface area contributed by atoms with Crippen LogP contribution < -0.4 is 5.32 Å². The topological polar surface area (TPSA) is 51.1 Å². The van der Waals surface area contributed by atoms with E-state index in [1.54, 1.807) is 0 Å². The van der Waals surface area contributed by atoms with Gasteiger partial charge in [-0.1, -0.05) is 6.42 Å². The van der Waals surface area contributed by atoms with E-state index in [2.05, 4.69) is 20.1 Å². The Hall–Kier alpha value is -0.0800. The highest BCUT2D eigenvalue weighted by Crippen LogP contribution is 2.46. The molecule has 0 aromatic carbocycles. The predicted octanol–water partition coefficient (Wildman–Crippen LogP) is 1.90. The van der Waals surface area contributed by atoms with E-state index in [1.165, 1.54) is 38.8 Å². The third-order valence-electron chi connectivity index (χ3n) is 6.86. The van der Waals surface area contributed by atoms with Gasteiger partial charge in [0, 0.05) is 45.8 Å².